The van der Waals surface area contributed by atoms with Crippen molar-refractivity contribution >= 4 is 5.78 Å². The summed E-state index contributed by atoms with van der Waals surface area (Å²) in [5.41, 5.74) is -1.92. The van der Waals surface area contributed by atoms with Crippen molar-refractivity contribution in [3.05, 3.63) is 11.8 Å². The van der Waals surface area contributed by atoms with E-state index in [9.17, 15) is 23.1 Å². The highest BCUT2D eigenvalue weighted by Gasteiger charge is 2.43. The van der Waals surface area contributed by atoms with Crippen molar-refractivity contribution in [1.29, 1.82) is 0 Å². The highest BCUT2D eigenvalue weighted by atomic mass is 19.4. The first-order valence-corrected chi connectivity index (χ1v) is 6.55. The normalized spacial score (nSPS) is 22.5. The van der Waals surface area contributed by atoms with Crippen LogP contribution < -0.4 is 0 Å². The number of carbonyl (C=O) groups is 1. The largest absolute Gasteiger partial charge is 0.512 e. The molecule has 0 heterocycles. The summed E-state index contributed by atoms with van der Waals surface area (Å²) >= 11 is 0. The lowest BCUT2D eigenvalue weighted by Crippen LogP contribution is -2.35. The molecule has 0 spiro atoms. The van der Waals surface area contributed by atoms with E-state index in [4.69, 9.17) is 0 Å². The monoisotopic (exact) mass is 278 g/mol. The Bertz CT molecular complexity index is 381. The molecule has 0 aromatic heterocycles. The van der Waals surface area contributed by atoms with Gasteiger partial charge in [0, 0.05) is 16.9 Å². The van der Waals surface area contributed by atoms with Gasteiger partial charge in [0.2, 0.25) is 0 Å². The molecule has 19 heavy (non-hydrogen) atoms. The number of alkyl halides is 3. The van der Waals surface area contributed by atoms with Gasteiger partial charge in [-0.05, 0) is 19.3 Å². The van der Waals surface area contributed by atoms with E-state index in [1.54, 1.807) is 13.8 Å². The molecular formula is C14H21F3O2. The average Bonchev–Trinajstić information content (AvgIpc) is 2.23. The van der Waals surface area contributed by atoms with Crippen LogP contribution in [0.5, 0.6) is 0 Å². The standard InChI is InChI=1S/C14H21F3O2/c1-4-12(2,9-14(15,16)17)10(18)8-11(19)13(3)6-5-7-13/h8,18H,4-7,9H2,1-3H3/b10-8-. The molecule has 2 nitrogen and oxygen atoms in total. The second kappa shape index (κ2) is 5.17. The third-order valence-electron chi connectivity index (χ3n) is 4.31. The molecule has 0 amide bonds. The molecule has 1 aliphatic rings. The van der Waals surface area contributed by atoms with Crippen molar-refractivity contribution in [2.45, 2.75) is 59.1 Å². The SMILES string of the molecule is CCC(C)(CC(F)(F)F)/C(O)=C/C(=O)C1(C)CCC1. The van der Waals surface area contributed by atoms with Crippen molar-refractivity contribution in [2.24, 2.45) is 10.8 Å². The maximum absolute atomic E-state index is 12.5. The zero-order chi connectivity index (χ0) is 14.9. The number of halogens is 3. The van der Waals surface area contributed by atoms with E-state index in [1.807, 2.05) is 0 Å². The molecule has 0 radical (unpaired) electrons. The number of hydrogen-bond acceptors (Lipinski definition) is 2. The van der Waals surface area contributed by atoms with Crippen LogP contribution in [0.25, 0.3) is 0 Å². The van der Waals surface area contributed by atoms with Crippen molar-refractivity contribution in [3.8, 4) is 0 Å². The Morgan fingerprint density at radius 1 is 1.37 bits per heavy atom. The van der Waals surface area contributed by atoms with E-state index in [0.29, 0.717) is 0 Å². The number of allylic oxidation sites excluding steroid dienone is 2. The van der Waals surface area contributed by atoms with Crippen molar-refractivity contribution in [1.82, 2.24) is 0 Å². The van der Waals surface area contributed by atoms with Crippen LogP contribution in [0.3, 0.4) is 0 Å². The third-order valence-corrected chi connectivity index (χ3v) is 4.31. The number of aliphatic hydroxyl groups excluding tert-OH is 1. The van der Waals surface area contributed by atoms with Crippen LogP contribution in [0.15, 0.2) is 11.8 Å². The summed E-state index contributed by atoms with van der Waals surface area (Å²) in [7, 11) is 0. The molecule has 1 fully saturated rings. The molecule has 5 heteroatoms. The fourth-order valence-corrected chi connectivity index (χ4v) is 2.27. The Hall–Kier alpha value is -1.00. The zero-order valence-electron chi connectivity index (χ0n) is 11.6. The minimum Gasteiger partial charge on any atom is -0.512 e. The Balaban J connectivity index is 2.88. The van der Waals surface area contributed by atoms with Gasteiger partial charge in [-0.2, -0.15) is 13.2 Å². The molecule has 1 aliphatic carbocycles. The first kappa shape index (κ1) is 16.1. The molecule has 0 bridgehead atoms. The van der Waals surface area contributed by atoms with Crippen LogP contribution in [-0.2, 0) is 4.79 Å². The molecule has 1 atom stereocenters. The molecule has 1 saturated carbocycles. The predicted molar refractivity (Wildman–Crippen MR) is 66.7 cm³/mol. The lowest BCUT2D eigenvalue weighted by molar-refractivity contribution is -0.156. The molecule has 0 aromatic carbocycles. The second-order valence-electron chi connectivity index (χ2n) is 6.01. The highest BCUT2D eigenvalue weighted by molar-refractivity contribution is 5.95. The molecule has 110 valence electrons. The van der Waals surface area contributed by atoms with Gasteiger partial charge < -0.3 is 5.11 Å². The summed E-state index contributed by atoms with van der Waals surface area (Å²) in [4.78, 5) is 12.0. The van der Waals surface area contributed by atoms with Crippen LogP contribution in [0.2, 0.25) is 0 Å². The van der Waals surface area contributed by atoms with E-state index >= 15 is 0 Å². The summed E-state index contributed by atoms with van der Waals surface area (Å²) in [5.74, 6) is -0.719. The number of hydrogen-bond donors (Lipinski definition) is 1. The van der Waals surface area contributed by atoms with Gasteiger partial charge in [0.1, 0.15) is 5.76 Å². The van der Waals surface area contributed by atoms with Gasteiger partial charge in [0.15, 0.2) is 5.78 Å². The van der Waals surface area contributed by atoms with Crippen molar-refractivity contribution in [3.63, 3.8) is 0 Å². The average molecular weight is 278 g/mol. The van der Waals surface area contributed by atoms with Crippen LogP contribution in [-0.4, -0.2) is 17.1 Å². The quantitative estimate of drug-likeness (QED) is 0.591. The van der Waals surface area contributed by atoms with Crippen LogP contribution in [0, 0.1) is 10.8 Å². The first-order valence-electron chi connectivity index (χ1n) is 6.55. The Kier molecular flexibility index (Phi) is 4.37. The lowest BCUT2D eigenvalue weighted by atomic mass is 9.67. The topological polar surface area (TPSA) is 37.3 Å². The van der Waals surface area contributed by atoms with E-state index in [2.05, 4.69) is 0 Å². The number of carbonyl (C=O) groups excluding carboxylic acids is 1. The molecule has 0 aliphatic heterocycles. The van der Waals surface area contributed by atoms with Crippen molar-refractivity contribution < 1.29 is 23.1 Å². The zero-order valence-corrected chi connectivity index (χ0v) is 11.6. The summed E-state index contributed by atoms with van der Waals surface area (Å²) in [6.07, 6.45) is -1.94. The first-order chi connectivity index (χ1) is 8.52. The van der Waals surface area contributed by atoms with Gasteiger partial charge in [0.25, 0.3) is 0 Å². The predicted octanol–water partition coefficient (Wildman–Crippen LogP) is 4.56. The van der Waals surface area contributed by atoms with Gasteiger partial charge in [-0.25, -0.2) is 0 Å². The number of rotatable bonds is 5. The minimum atomic E-state index is -4.37. The smallest absolute Gasteiger partial charge is 0.390 e. The molecule has 1 N–H and O–H groups in total. The maximum Gasteiger partial charge on any atom is 0.390 e. The fourth-order valence-electron chi connectivity index (χ4n) is 2.27. The van der Waals surface area contributed by atoms with Gasteiger partial charge in [-0.1, -0.05) is 27.2 Å². The Labute approximate surface area is 111 Å². The molecule has 0 saturated heterocycles. The van der Waals surface area contributed by atoms with Crippen molar-refractivity contribution in [2.75, 3.05) is 0 Å². The Morgan fingerprint density at radius 3 is 2.21 bits per heavy atom. The molecule has 1 unspecified atom stereocenters. The fraction of sp³-hybridized carbons (Fsp3) is 0.786. The minimum absolute atomic E-state index is 0.124. The maximum atomic E-state index is 12.5. The summed E-state index contributed by atoms with van der Waals surface area (Å²) < 4.78 is 37.6. The summed E-state index contributed by atoms with van der Waals surface area (Å²) in [6.45, 7) is 4.70. The van der Waals surface area contributed by atoms with E-state index in [-0.39, 0.29) is 12.2 Å². The Morgan fingerprint density at radius 2 is 1.89 bits per heavy atom. The molecule has 1 rings (SSSR count). The van der Waals surface area contributed by atoms with Gasteiger partial charge in [-0.3, -0.25) is 4.79 Å². The number of ketones is 1. The van der Waals surface area contributed by atoms with E-state index in [1.165, 1.54) is 6.92 Å². The number of aliphatic hydroxyl groups is 1. The van der Waals surface area contributed by atoms with Crippen LogP contribution in [0.4, 0.5) is 13.2 Å². The van der Waals surface area contributed by atoms with Gasteiger partial charge in [0.05, 0.1) is 6.42 Å². The van der Waals surface area contributed by atoms with Crippen LogP contribution >= 0.6 is 0 Å². The molecular weight excluding hydrogens is 257 g/mol. The molecule has 0 aromatic rings. The lowest BCUT2D eigenvalue weighted by Gasteiger charge is -2.36. The van der Waals surface area contributed by atoms with Gasteiger partial charge >= 0.3 is 6.18 Å². The highest BCUT2D eigenvalue weighted by Crippen LogP contribution is 2.44. The van der Waals surface area contributed by atoms with E-state index < -0.39 is 29.2 Å². The summed E-state index contributed by atoms with van der Waals surface area (Å²) in [5, 5.41) is 9.93. The third kappa shape index (κ3) is 3.74. The van der Waals surface area contributed by atoms with E-state index in [0.717, 1.165) is 25.3 Å². The summed E-state index contributed by atoms with van der Waals surface area (Å²) in [6, 6.07) is 0. The van der Waals surface area contributed by atoms with Crippen LogP contribution in [0.1, 0.15) is 52.9 Å². The second-order valence-corrected chi connectivity index (χ2v) is 6.01. The van der Waals surface area contributed by atoms with Gasteiger partial charge in [-0.15, -0.1) is 0 Å².